The van der Waals surface area contributed by atoms with Gasteiger partial charge in [0.15, 0.2) is 5.60 Å². The van der Waals surface area contributed by atoms with Crippen molar-refractivity contribution in [3.8, 4) is 5.75 Å². The zero-order chi connectivity index (χ0) is 25.5. The molecule has 0 radical (unpaired) electrons. The highest BCUT2D eigenvalue weighted by molar-refractivity contribution is 5.92. The first-order valence-electron chi connectivity index (χ1n) is 11.9. The van der Waals surface area contributed by atoms with E-state index in [1.807, 2.05) is 13.0 Å². The van der Waals surface area contributed by atoms with Gasteiger partial charge < -0.3 is 25.1 Å². The minimum atomic E-state index is -1.64. The van der Waals surface area contributed by atoms with Crippen molar-refractivity contribution in [3.05, 3.63) is 52.2 Å². The number of esters is 1. The van der Waals surface area contributed by atoms with Crippen LogP contribution in [0, 0.1) is 0 Å². The highest BCUT2D eigenvalue weighted by Crippen LogP contribution is 2.43. The summed E-state index contributed by atoms with van der Waals surface area (Å²) in [4.78, 5) is 29.4. The lowest BCUT2D eigenvalue weighted by Crippen LogP contribution is -2.44. The molecule has 0 amide bonds. The number of hydrogen-bond acceptors (Lipinski definition) is 8. The Bertz CT molecular complexity index is 1270. The maximum Gasteiger partial charge on any atom is 0.514 e. The number of pyridine rings is 1. The summed E-state index contributed by atoms with van der Waals surface area (Å²) in [6.07, 6.45) is 2.54. The number of benzene rings is 1. The Morgan fingerprint density at radius 3 is 2.63 bits per heavy atom. The van der Waals surface area contributed by atoms with Gasteiger partial charge >= 0.3 is 12.1 Å². The third kappa shape index (κ3) is 4.56. The van der Waals surface area contributed by atoms with Crippen LogP contribution in [0.1, 0.15) is 64.3 Å². The molecule has 1 aliphatic heterocycles. The topological polar surface area (TPSA) is 121 Å². The third-order valence-corrected chi connectivity index (χ3v) is 6.40. The number of fused-ring (bicyclic) bond motifs is 1. The second kappa shape index (κ2) is 9.09. The minimum absolute atomic E-state index is 0.161. The Morgan fingerprint density at radius 1 is 1.26 bits per heavy atom. The van der Waals surface area contributed by atoms with Crippen LogP contribution in [0.2, 0.25) is 0 Å². The van der Waals surface area contributed by atoms with Crippen LogP contribution in [0.15, 0.2) is 35.4 Å². The maximum absolute atomic E-state index is 12.3. The van der Waals surface area contributed by atoms with Gasteiger partial charge in [-0.05, 0) is 92.2 Å². The fourth-order valence-electron chi connectivity index (χ4n) is 4.73. The monoisotopic (exact) mass is 480 g/mol. The molecule has 0 fully saturated rings. The van der Waals surface area contributed by atoms with E-state index in [-0.39, 0.29) is 19.6 Å². The first kappa shape index (κ1) is 24.9. The number of hydrogen-bond donors (Lipinski definition) is 2. The van der Waals surface area contributed by atoms with E-state index in [0.717, 1.165) is 38.9 Å². The van der Waals surface area contributed by atoms with Crippen LogP contribution in [-0.4, -0.2) is 40.0 Å². The van der Waals surface area contributed by atoms with E-state index in [9.17, 15) is 14.7 Å². The number of aryl methyl sites for hydroxylation is 1. The summed E-state index contributed by atoms with van der Waals surface area (Å²) in [7, 11) is 0. The van der Waals surface area contributed by atoms with Crippen LogP contribution in [0.5, 0.6) is 5.75 Å². The molecule has 3 N–H and O–H groups in total. The predicted octanol–water partition coefficient (Wildman–Crippen LogP) is 4.35. The molecule has 4 rings (SSSR count). The Morgan fingerprint density at radius 2 is 2.00 bits per heavy atom. The van der Waals surface area contributed by atoms with Gasteiger partial charge in [0, 0.05) is 11.9 Å². The van der Waals surface area contributed by atoms with Crippen LogP contribution in [0.3, 0.4) is 0 Å². The SMILES string of the molecule is CCc1c(CN)c(C2=CC3=C(COC(=O)[C@]3(O)CC)C2)nc2ccc(OC(=O)OC(C)(C)C)cc12. The number of carbonyl (C=O) groups is 2. The van der Waals surface area contributed by atoms with Crippen molar-refractivity contribution in [2.24, 2.45) is 5.73 Å². The summed E-state index contributed by atoms with van der Waals surface area (Å²) in [5, 5.41) is 11.8. The summed E-state index contributed by atoms with van der Waals surface area (Å²) in [5.41, 5.74) is 9.66. The molecule has 1 atom stereocenters. The molecule has 1 aromatic carbocycles. The zero-order valence-electron chi connectivity index (χ0n) is 20.9. The van der Waals surface area contributed by atoms with Crippen LogP contribution in [0.25, 0.3) is 16.5 Å². The van der Waals surface area contributed by atoms with Crippen molar-refractivity contribution in [2.45, 2.75) is 71.6 Å². The van der Waals surface area contributed by atoms with Crippen LogP contribution in [0.4, 0.5) is 4.79 Å². The van der Waals surface area contributed by atoms with Crippen molar-refractivity contribution < 1.29 is 28.9 Å². The van der Waals surface area contributed by atoms with Gasteiger partial charge in [0.2, 0.25) is 0 Å². The number of aromatic nitrogens is 1. The van der Waals surface area contributed by atoms with Gasteiger partial charge in [-0.3, -0.25) is 0 Å². The molecule has 2 aliphatic rings. The van der Waals surface area contributed by atoms with Gasteiger partial charge in [-0.1, -0.05) is 13.8 Å². The van der Waals surface area contributed by atoms with E-state index < -0.39 is 23.3 Å². The lowest BCUT2D eigenvalue weighted by molar-refractivity contribution is -0.162. The molecule has 1 aliphatic carbocycles. The molecule has 0 bridgehead atoms. The number of ether oxygens (including phenoxy) is 3. The summed E-state index contributed by atoms with van der Waals surface area (Å²) < 4.78 is 15.9. The molecule has 35 heavy (non-hydrogen) atoms. The van der Waals surface area contributed by atoms with E-state index >= 15 is 0 Å². The van der Waals surface area contributed by atoms with Crippen LogP contribution in [-0.2, 0) is 27.2 Å². The predicted molar refractivity (Wildman–Crippen MR) is 132 cm³/mol. The molecule has 0 saturated heterocycles. The molecule has 2 heterocycles. The number of carbonyl (C=O) groups excluding carboxylic acids is 2. The maximum atomic E-state index is 12.3. The Labute approximate surface area is 204 Å². The number of nitrogens with zero attached hydrogens (tertiary/aromatic N) is 1. The van der Waals surface area contributed by atoms with Gasteiger partial charge in [0.1, 0.15) is 18.0 Å². The average Bonchev–Trinajstić information content (AvgIpc) is 3.24. The second-order valence-corrected chi connectivity index (χ2v) is 9.87. The van der Waals surface area contributed by atoms with E-state index in [0.29, 0.717) is 24.2 Å². The quantitative estimate of drug-likeness (QED) is 0.479. The third-order valence-electron chi connectivity index (χ3n) is 6.40. The van der Waals surface area contributed by atoms with Crippen LogP contribution < -0.4 is 10.5 Å². The number of cyclic esters (lactones) is 1. The van der Waals surface area contributed by atoms with Crippen molar-refractivity contribution in [2.75, 3.05) is 6.61 Å². The van der Waals surface area contributed by atoms with Crippen molar-refractivity contribution in [1.82, 2.24) is 4.98 Å². The van der Waals surface area contributed by atoms with E-state index in [2.05, 4.69) is 0 Å². The smallest absolute Gasteiger partial charge is 0.459 e. The summed E-state index contributed by atoms with van der Waals surface area (Å²) in [5.74, 6) is -0.256. The van der Waals surface area contributed by atoms with Crippen LogP contribution >= 0.6 is 0 Å². The summed E-state index contributed by atoms with van der Waals surface area (Å²) in [6.45, 7) is 9.54. The Kier molecular flexibility index (Phi) is 6.46. The zero-order valence-corrected chi connectivity index (χ0v) is 20.9. The second-order valence-electron chi connectivity index (χ2n) is 9.87. The first-order chi connectivity index (χ1) is 16.5. The number of nitrogens with two attached hydrogens (primary N) is 1. The fourth-order valence-corrected chi connectivity index (χ4v) is 4.73. The molecular formula is C27H32N2O6. The first-order valence-corrected chi connectivity index (χ1v) is 11.9. The molecular weight excluding hydrogens is 448 g/mol. The molecule has 0 spiro atoms. The fraction of sp³-hybridized carbons (Fsp3) is 0.444. The number of rotatable bonds is 5. The van der Waals surface area contributed by atoms with Gasteiger partial charge in [0.25, 0.3) is 0 Å². The van der Waals surface area contributed by atoms with Gasteiger partial charge in [-0.15, -0.1) is 0 Å². The lowest BCUT2D eigenvalue weighted by atomic mass is 9.87. The number of allylic oxidation sites excluding steroid dienone is 1. The van der Waals surface area contributed by atoms with Crippen molar-refractivity contribution in [3.63, 3.8) is 0 Å². The molecule has 0 unspecified atom stereocenters. The molecule has 186 valence electrons. The summed E-state index contributed by atoms with van der Waals surface area (Å²) >= 11 is 0. The van der Waals surface area contributed by atoms with Gasteiger partial charge in [-0.25, -0.2) is 14.6 Å². The van der Waals surface area contributed by atoms with E-state index in [4.69, 9.17) is 24.9 Å². The van der Waals surface area contributed by atoms with Gasteiger partial charge in [-0.2, -0.15) is 0 Å². The molecule has 8 heteroatoms. The number of aliphatic hydroxyl groups is 1. The standard InChI is InChI=1S/C27H32N2O6/c1-6-18-19-12-17(34-25(31)35-26(3,4)5)8-9-22(19)29-23(20(18)13-28)15-10-16-14-33-24(30)27(32,7-2)21(16)11-15/h8-9,11-12,32H,6-7,10,13-14,28H2,1-5H3/t27-/m0/s1. The highest BCUT2D eigenvalue weighted by Gasteiger charge is 2.45. The largest absolute Gasteiger partial charge is 0.514 e. The Hall–Kier alpha value is -3.23. The Balaban J connectivity index is 1.76. The molecule has 2 aromatic rings. The molecule has 0 saturated carbocycles. The van der Waals surface area contributed by atoms with E-state index in [1.165, 1.54) is 0 Å². The normalized spacial score (nSPS) is 20.0. The van der Waals surface area contributed by atoms with Gasteiger partial charge in [0.05, 0.1) is 11.2 Å². The molecule has 1 aromatic heterocycles. The van der Waals surface area contributed by atoms with E-state index in [1.54, 1.807) is 45.9 Å². The van der Waals surface area contributed by atoms with Crippen molar-refractivity contribution >= 4 is 28.6 Å². The lowest BCUT2D eigenvalue weighted by Gasteiger charge is -2.30. The average molecular weight is 481 g/mol. The highest BCUT2D eigenvalue weighted by atomic mass is 16.7. The van der Waals surface area contributed by atoms with Crippen molar-refractivity contribution in [1.29, 1.82) is 0 Å². The molecule has 8 nitrogen and oxygen atoms in total. The summed E-state index contributed by atoms with van der Waals surface area (Å²) in [6, 6.07) is 5.26. The minimum Gasteiger partial charge on any atom is -0.459 e.